The highest BCUT2D eigenvalue weighted by molar-refractivity contribution is 5.66. The molecule has 0 unspecified atom stereocenters. The summed E-state index contributed by atoms with van der Waals surface area (Å²) in [5, 5.41) is 9.13. The Kier molecular flexibility index (Phi) is 8.05. The Labute approximate surface area is 164 Å². The van der Waals surface area contributed by atoms with Crippen LogP contribution < -0.4 is 0 Å². The smallest absolute Gasteiger partial charge is 0.304 e. The van der Waals surface area contributed by atoms with Crippen molar-refractivity contribution in [3.63, 3.8) is 0 Å². The van der Waals surface area contributed by atoms with Gasteiger partial charge in [0, 0.05) is 19.6 Å². The number of aryl methyl sites for hydroxylation is 3. The Morgan fingerprint density at radius 1 is 1.04 bits per heavy atom. The lowest BCUT2D eigenvalue weighted by Crippen LogP contribution is -2.26. The Morgan fingerprint density at radius 3 is 2.48 bits per heavy atom. The molecule has 2 rings (SSSR count). The number of carbonyl (C=O) groups is 1. The Bertz CT molecular complexity index is 752. The highest BCUT2D eigenvalue weighted by Crippen LogP contribution is 2.17. The number of nitrogens with zero attached hydrogens (tertiary/aromatic N) is 1. The van der Waals surface area contributed by atoms with E-state index in [1.54, 1.807) is 0 Å². The Balaban J connectivity index is 2.13. The fourth-order valence-corrected chi connectivity index (χ4v) is 3.28. The van der Waals surface area contributed by atoms with E-state index in [4.69, 9.17) is 5.11 Å². The first-order valence-electron chi connectivity index (χ1n) is 9.91. The van der Waals surface area contributed by atoms with Crippen LogP contribution in [0.15, 0.2) is 42.5 Å². The monoisotopic (exact) mass is 367 g/mol. The fraction of sp³-hybridized carbons (Fsp3) is 0.458. The minimum Gasteiger partial charge on any atom is -0.481 e. The second kappa shape index (κ2) is 10.3. The van der Waals surface area contributed by atoms with E-state index in [0.29, 0.717) is 12.5 Å². The van der Waals surface area contributed by atoms with Crippen LogP contribution in [0.4, 0.5) is 0 Å². The molecule has 146 valence electrons. The average molecular weight is 368 g/mol. The van der Waals surface area contributed by atoms with E-state index in [1.165, 1.54) is 34.2 Å². The van der Waals surface area contributed by atoms with Crippen molar-refractivity contribution in [2.45, 2.75) is 60.0 Å². The van der Waals surface area contributed by atoms with Crippen LogP contribution in [0.2, 0.25) is 0 Å². The second-order valence-electron chi connectivity index (χ2n) is 8.04. The van der Waals surface area contributed by atoms with Gasteiger partial charge >= 0.3 is 5.97 Å². The molecule has 3 nitrogen and oxygen atoms in total. The van der Waals surface area contributed by atoms with Gasteiger partial charge in [-0.2, -0.15) is 0 Å². The normalized spacial score (nSPS) is 11.3. The summed E-state index contributed by atoms with van der Waals surface area (Å²) in [6, 6.07) is 15.2. The number of rotatable bonds is 10. The van der Waals surface area contributed by atoms with Crippen LogP contribution in [0.5, 0.6) is 0 Å². The Morgan fingerprint density at radius 2 is 1.78 bits per heavy atom. The van der Waals surface area contributed by atoms with Crippen molar-refractivity contribution in [1.29, 1.82) is 0 Å². The zero-order valence-corrected chi connectivity index (χ0v) is 17.2. The summed E-state index contributed by atoms with van der Waals surface area (Å²) in [6.07, 6.45) is 2.45. The summed E-state index contributed by atoms with van der Waals surface area (Å²) in [5.41, 5.74) is 6.39. The maximum atomic E-state index is 11.1. The van der Waals surface area contributed by atoms with E-state index in [2.05, 4.69) is 75.1 Å². The lowest BCUT2D eigenvalue weighted by molar-refractivity contribution is -0.137. The van der Waals surface area contributed by atoms with Crippen LogP contribution in [-0.2, 0) is 24.3 Å². The van der Waals surface area contributed by atoms with E-state index in [0.717, 1.165) is 19.5 Å². The van der Waals surface area contributed by atoms with Gasteiger partial charge in [0.2, 0.25) is 0 Å². The van der Waals surface area contributed by atoms with E-state index in [9.17, 15) is 4.79 Å². The van der Waals surface area contributed by atoms with Gasteiger partial charge < -0.3 is 5.11 Å². The van der Waals surface area contributed by atoms with E-state index < -0.39 is 5.97 Å². The van der Waals surface area contributed by atoms with Crippen molar-refractivity contribution in [2.24, 2.45) is 5.92 Å². The predicted molar refractivity (Wildman–Crippen MR) is 112 cm³/mol. The molecule has 2 aromatic carbocycles. The number of aliphatic carboxylic acids is 1. The van der Waals surface area contributed by atoms with Gasteiger partial charge in [0.1, 0.15) is 0 Å². The molecular weight excluding hydrogens is 334 g/mol. The lowest BCUT2D eigenvalue weighted by atomic mass is 10.0. The summed E-state index contributed by atoms with van der Waals surface area (Å²) in [5.74, 6) is -0.0448. The molecule has 0 aromatic heterocycles. The Hall–Kier alpha value is -2.13. The zero-order chi connectivity index (χ0) is 19.8. The lowest BCUT2D eigenvalue weighted by Gasteiger charge is -2.23. The van der Waals surface area contributed by atoms with Crippen LogP contribution in [0.1, 0.15) is 54.5 Å². The first-order chi connectivity index (χ1) is 12.8. The molecule has 0 fully saturated rings. The third kappa shape index (κ3) is 7.56. The number of hydrogen-bond acceptors (Lipinski definition) is 2. The molecule has 1 N–H and O–H groups in total. The van der Waals surface area contributed by atoms with Crippen molar-refractivity contribution in [2.75, 3.05) is 6.54 Å². The third-order valence-electron chi connectivity index (χ3n) is 4.95. The molecule has 0 saturated heterocycles. The maximum absolute atomic E-state index is 11.1. The molecule has 0 aliphatic carbocycles. The van der Waals surface area contributed by atoms with Crippen molar-refractivity contribution in [3.8, 4) is 0 Å². The highest BCUT2D eigenvalue weighted by atomic mass is 16.4. The molecule has 0 amide bonds. The number of carboxylic acid groups (broad SMARTS) is 1. The van der Waals surface area contributed by atoms with E-state index in [-0.39, 0.29) is 6.42 Å². The van der Waals surface area contributed by atoms with E-state index >= 15 is 0 Å². The molecule has 0 aliphatic rings. The summed E-state index contributed by atoms with van der Waals surface area (Å²) < 4.78 is 0. The summed E-state index contributed by atoms with van der Waals surface area (Å²) >= 11 is 0. The van der Waals surface area contributed by atoms with Gasteiger partial charge in [0.15, 0.2) is 0 Å². The number of benzene rings is 2. The van der Waals surface area contributed by atoms with Gasteiger partial charge in [-0.3, -0.25) is 9.69 Å². The van der Waals surface area contributed by atoms with Gasteiger partial charge in [0.05, 0.1) is 6.42 Å². The van der Waals surface area contributed by atoms with Crippen LogP contribution in [0, 0.1) is 19.8 Å². The van der Waals surface area contributed by atoms with Crippen molar-refractivity contribution < 1.29 is 9.90 Å². The summed E-state index contributed by atoms with van der Waals surface area (Å²) in [6.45, 7) is 10.8. The van der Waals surface area contributed by atoms with E-state index in [1.807, 2.05) is 0 Å². The topological polar surface area (TPSA) is 40.5 Å². The van der Waals surface area contributed by atoms with Gasteiger partial charge in [0.25, 0.3) is 0 Å². The molecule has 0 saturated carbocycles. The van der Waals surface area contributed by atoms with Crippen LogP contribution >= 0.6 is 0 Å². The molecular formula is C24H33NO2. The number of hydrogen-bond donors (Lipinski definition) is 1. The van der Waals surface area contributed by atoms with Gasteiger partial charge in [-0.15, -0.1) is 0 Å². The molecule has 3 heteroatoms. The summed E-state index contributed by atoms with van der Waals surface area (Å²) in [7, 11) is 0. The number of carboxylic acids is 1. The minimum atomic E-state index is -0.744. The molecule has 0 aliphatic heterocycles. The molecule has 2 aromatic rings. The van der Waals surface area contributed by atoms with Gasteiger partial charge in [-0.05, 0) is 54.9 Å². The average Bonchev–Trinajstić information content (AvgIpc) is 2.61. The predicted octanol–water partition coefficient (Wildman–Crippen LogP) is 5.37. The van der Waals surface area contributed by atoms with Crippen LogP contribution in [-0.4, -0.2) is 22.5 Å². The highest BCUT2D eigenvalue weighted by Gasteiger charge is 2.12. The first kappa shape index (κ1) is 21.2. The molecule has 0 bridgehead atoms. The van der Waals surface area contributed by atoms with Crippen molar-refractivity contribution >= 4 is 5.97 Å². The standard InChI is InChI=1S/C24H33NO2/c1-18(2)8-11-21-6-5-7-22(15-21)16-25(13-12-24(26)27)17-23-14-19(3)9-10-20(23)4/h5-7,9-10,14-15,18H,8,11-13,16-17H2,1-4H3,(H,26,27). The fourth-order valence-electron chi connectivity index (χ4n) is 3.28. The minimum absolute atomic E-state index is 0.165. The molecule has 0 heterocycles. The molecule has 0 radical (unpaired) electrons. The zero-order valence-electron chi connectivity index (χ0n) is 17.2. The van der Waals surface area contributed by atoms with Crippen LogP contribution in [0.3, 0.4) is 0 Å². The SMILES string of the molecule is Cc1ccc(C)c(CN(CCC(=O)O)Cc2cccc(CCC(C)C)c2)c1. The van der Waals surface area contributed by atoms with Gasteiger partial charge in [-0.1, -0.05) is 61.9 Å². The first-order valence-corrected chi connectivity index (χ1v) is 9.91. The van der Waals surface area contributed by atoms with Crippen molar-refractivity contribution in [3.05, 3.63) is 70.3 Å². The molecule has 0 atom stereocenters. The summed E-state index contributed by atoms with van der Waals surface area (Å²) in [4.78, 5) is 13.4. The quantitative estimate of drug-likeness (QED) is 0.614. The van der Waals surface area contributed by atoms with Gasteiger partial charge in [-0.25, -0.2) is 0 Å². The molecule has 0 spiro atoms. The third-order valence-corrected chi connectivity index (χ3v) is 4.95. The molecule has 27 heavy (non-hydrogen) atoms. The largest absolute Gasteiger partial charge is 0.481 e. The maximum Gasteiger partial charge on any atom is 0.304 e. The van der Waals surface area contributed by atoms with Crippen LogP contribution in [0.25, 0.3) is 0 Å². The second-order valence-corrected chi connectivity index (χ2v) is 8.04. The van der Waals surface area contributed by atoms with Crippen molar-refractivity contribution in [1.82, 2.24) is 4.90 Å².